The lowest BCUT2D eigenvalue weighted by molar-refractivity contribution is -0.122. The molecule has 0 radical (unpaired) electrons. The van der Waals surface area contributed by atoms with Crippen molar-refractivity contribution in [1.29, 1.82) is 0 Å². The lowest BCUT2D eigenvalue weighted by Gasteiger charge is -2.56. The molecule has 1 spiro atoms. The zero-order valence-corrected chi connectivity index (χ0v) is 11.1. The second kappa shape index (κ2) is 4.74. The van der Waals surface area contributed by atoms with E-state index in [-0.39, 0.29) is 10.9 Å². The molecule has 0 saturated carbocycles. The zero-order chi connectivity index (χ0) is 13.5. The van der Waals surface area contributed by atoms with Crippen LogP contribution in [-0.2, 0) is 4.79 Å². The molecule has 2 N–H and O–H groups in total. The summed E-state index contributed by atoms with van der Waals surface area (Å²) in [5.74, 6) is -0.588. The average Bonchev–Trinajstić information content (AvgIpc) is 2.18. The number of benzene rings is 1. The van der Waals surface area contributed by atoms with Gasteiger partial charge >= 0.3 is 0 Å². The number of likely N-dealkylation sites (tertiary alicyclic amines) is 1. The van der Waals surface area contributed by atoms with Gasteiger partial charge in [-0.3, -0.25) is 9.69 Å². The van der Waals surface area contributed by atoms with Gasteiger partial charge in [-0.2, -0.15) is 0 Å². The number of nitrogens with one attached hydrogen (secondary N) is 2. The fourth-order valence-electron chi connectivity index (χ4n) is 2.75. The molecule has 2 aliphatic rings. The van der Waals surface area contributed by atoms with Gasteiger partial charge in [0.1, 0.15) is 5.82 Å². The molecule has 2 fully saturated rings. The Kier molecular flexibility index (Phi) is 3.20. The van der Waals surface area contributed by atoms with Gasteiger partial charge in [0.15, 0.2) is 0 Å². The van der Waals surface area contributed by atoms with E-state index in [1.54, 1.807) is 0 Å². The molecule has 4 nitrogen and oxygen atoms in total. The molecule has 1 aromatic rings. The number of amides is 1. The first-order chi connectivity index (χ1) is 9.05. The number of hydrogen-bond acceptors (Lipinski definition) is 3. The normalized spacial score (nSPS) is 20.7. The number of carbonyl (C=O) groups excluding carboxylic acids is 1. The fourth-order valence-corrected chi connectivity index (χ4v) is 2.97. The van der Waals surface area contributed by atoms with Crippen molar-refractivity contribution < 1.29 is 9.18 Å². The summed E-state index contributed by atoms with van der Waals surface area (Å²) in [6, 6.07) is 4.01. The van der Waals surface area contributed by atoms with Crippen LogP contribution in [0.5, 0.6) is 0 Å². The van der Waals surface area contributed by atoms with E-state index >= 15 is 0 Å². The summed E-state index contributed by atoms with van der Waals surface area (Å²) in [6.45, 7) is 4.35. The third kappa shape index (κ3) is 2.73. The monoisotopic (exact) mass is 283 g/mol. The van der Waals surface area contributed by atoms with E-state index in [9.17, 15) is 9.18 Å². The van der Waals surface area contributed by atoms with Crippen molar-refractivity contribution in [2.24, 2.45) is 5.41 Å². The van der Waals surface area contributed by atoms with Crippen LogP contribution in [0.25, 0.3) is 0 Å². The second-order valence-corrected chi connectivity index (χ2v) is 5.89. The van der Waals surface area contributed by atoms with Gasteiger partial charge in [-0.1, -0.05) is 11.6 Å². The van der Waals surface area contributed by atoms with Crippen LogP contribution >= 0.6 is 11.6 Å². The van der Waals surface area contributed by atoms with E-state index in [0.29, 0.717) is 17.6 Å². The second-order valence-electron chi connectivity index (χ2n) is 5.46. The van der Waals surface area contributed by atoms with E-state index in [4.69, 9.17) is 11.6 Å². The van der Waals surface area contributed by atoms with Crippen LogP contribution in [0.1, 0.15) is 0 Å². The molecule has 2 saturated heterocycles. The van der Waals surface area contributed by atoms with Crippen molar-refractivity contribution in [3.63, 3.8) is 0 Å². The van der Waals surface area contributed by atoms with Crippen molar-refractivity contribution >= 4 is 23.2 Å². The predicted molar refractivity (Wildman–Crippen MR) is 71.8 cm³/mol. The van der Waals surface area contributed by atoms with Crippen molar-refractivity contribution in [3.05, 3.63) is 29.0 Å². The number of nitrogens with zero attached hydrogens (tertiary/aromatic N) is 1. The highest BCUT2D eigenvalue weighted by Gasteiger charge is 2.47. The highest BCUT2D eigenvalue weighted by Crippen LogP contribution is 2.33. The summed E-state index contributed by atoms with van der Waals surface area (Å²) in [7, 11) is 0. The molecule has 0 aromatic heterocycles. The Morgan fingerprint density at radius 3 is 2.74 bits per heavy atom. The Morgan fingerprint density at radius 2 is 2.16 bits per heavy atom. The minimum Gasteiger partial charge on any atom is -0.325 e. The van der Waals surface area contributed by atoms with Crippen LogP contribution in [0.15, 0.2) is 18.2 Å². The van der Waals surface area contributed by atoms with Crippen LogP contribution in [0, 0.1) is 11.2 Å². The Morgan fingerprint density at radius 1 is 1.42 bits per heavy atom. The number of halogens is 2. The standard InChI is InChI=1S/C13H15ClFN3O/c14-9-1-10(15)3-11(2-9)17-12(19)4-18-7-13(8-18)5-16-6-13/h1-3,16H,4-8H2,(H,17,19). The summed E-state index contributed by atoms with van der Waals surface area (Å²) in [4.78, 5) is 13.9. The van der Waals surface area contributed by atoms with Crippen molar-refractivity contribution in [3.8, 4) is 0 Å². The fraction of sp³-hybridized carbons (Fsp3) is 0.462. The number of rotatable bonds is 3. The first kappa shape index (κ1) is 12.8. The van der Waals surface area contributed by atoms with Gasteiger partial charge in [-0.25, -0.2) is 4.39 Å². The van der Waals surface area contributed by atoms with Gasteiger partial charge in [0.2, 0.25) is 5.91 Å². The Balaban J connectivity index is 1.51. The highest BCUT2D eigenvalue weighted by atomic mass is 35.5. The summed E-state index contributed by atoms with van der Waals surface area (Å²) in [6.07, 6.45) is 0. The van der Waals surface area contributed by atoms with E-state index in [2.05, 4.69) is 15.5 Å². The Bertz CT molecular complexity index is 490. The van der Waals surface area contributed by atoms with Gasteiger partial charge in [-0.05, 0) is 18.2 Å². The molecule has 2 heterocycles. The summed E-state index contributed by atoms with van der Waals surface area (Å²) in [5, 5.41) is 6.19. The summed E-state index contributed by atoms with van der Waals surface area (Å²) < 4.78 is 13.1. The maximum Gasteiger partial charge on any atom is 0.238 e. The van der Waals surface area contributed by atoms with Crippen LogP contribution < -0.4 is 10.6 Å². The number of hydrogen-bond donors (Lipinski definition) is 2. The van der Waals surface area contributed by atoms with E-state index in [1.165, 1.54) is 18.2 Å². The van der Waals surface area contributed by atoms with Crippen LogP contribution in [-0.4, -0.2) is 43.5 Å². The van der Waals surface area contributed by atoms with E-state index < -0.39 is 5.82 Å². The summed E-state index contributed by atoms with van der Waals surface area (Å²) in [5.41, 5.74) is 0.804. The third-order valence-corrected chi connectivity index (χ3v) is 3.85. The number of anilines is 1. The van der Waals surface area contributed by atoms with Gasteiger partial charge in [-0.15, -0.1) is 0 Å². The third-order valence-electron chi connectivity index (χ3n) is 3.63. The average molecular weight is 284 g/mol. The molecule has 19 heavy (non-hydrogen) atoms. The molecular formula is C13H15ClFN3O. The first-order valence-electron chi connectivity index (χ1n) is 6.24. The highest BCUT2D eigenvalue weighted by molar-refractivity contribution is 6.30. The van der Waals surface area contributed by atoms with Crippen LogP contribution in [0.4, 0.5) is 10.1 Å². The SMILES string of the molecule is O=C(CN1CC2(CNC2)C1)Nc1cc(F)cc(Cl)c1. The zero-order valence-electron chi connectivity index (χ0n) is 10.4. The predicted octanol–water partition coefficient (Wildman–Crippen LogP) is 1.32. The minimum absolute atomic E-state index is 0.135. The number of carbonyl (C=O) groups is 1. The molecule has 0 bridgehead atoms. The molecule has 0 aliphatic carbocycles. The minimum atomic E-state index is -0.453. The molecule has 1 amide bonds. The van der Waals surface area contributed by atoms with Crippen molar-refractivity contribution in [2.75, 3.05) is 38.0 Å². The van der Waals surface area contributed by atoms with Crippen molar-refractivity contribution in [1.82, 2.24) is 10.2 Å². The van der Waals surface area contributed by atoms with Gasteiger partial charge in [0, 0.05) is 42.3 Å². The van der Waals surface area contributed by atoms with Gasteiger partial charge in [0.05, 0.1) is 6.54 Å². The first-order valence-corrected chi connectivity index (χ1v) is 6.62. The lowest BCUT2D eigenvalue weighted by atomic mass is 9.74. The maximum atomic E-state index is 13.1. The molecule has 0 unspecified atom stereocenters. The molecule has 2 aliphatic heterocycles. The Hall–Kier alpha value is -1.17. The Labute approximate surface area is 115 Å². The smallest absolute Gasteiger partial charge is 0.238 e. The van der Waals surface area contributed by atoms with E-state index in [0.717, 1.165) is 26.2 Å². The van der Waals surface area contributed by atoms with Gasteiger partial charge in [0.25, 0.3) is 0 Å². The summed E-state index contributed by atoms with van der Waals surface area (Å²) >= 11 is 5.73. The van der Waals surface area contributed by atoms with Gasteiger partial charge < -0.3 is 10.6 Å². The molecule has 3 rings (SSSR count). The molecule has 6 heteroatoms. The maximum absolute atomic E-state index is 13.1. The molecule has 1 aromatic carbocycles. The van der Waals surface area contributed by atoms with E-state index in [1.807, 2.05) is 0 Å². The molecule has 102 valence electrons. The topological polar surface area (TPSA) is 44.4 Å². The largest absolute Gasteiger partial charge is 0.325 e. The van der Waals surface area contributed by atoms with Crippen LogP contribution in [0.2, 0.25) is 5.02 Å². The van der Waals surface area contributed by atoms with Crippen molar-refractivity contribution in [2.45, 2.75) is 0 Å². The lowest BCUT2D eigenvalue weighted by Crippen LogP contribution is -2.71. The van der Waals surface area contributed by atoms with Crippen LogP contribution in [0.3, 0.4) is 0 Å². The molecule has 0 atom stereocenters. The molecular weight excluding hydrogens is 269 g/mol. The quantitative estimate of drug-likeness (QED) is 0.879.